The molecule has 0 radical (unpaired) electrons. The fraction of sp³-hybridized carbons (Fsp3) is 0.500. The molecular weight excluding hydrogens is 486 g/mol. The van der Waals surface area contributed by atoms with Crippen molar-refractivity contribution in [1.29, 1.82) is 0 Å². The van der Waals surface area contributed by atoms with Crippen molar-refractivity contribution in [1.82, 2.24) is 5.06 Å². The molecule has 0 unspecified atom stereocenters. The lowest BCUT2D eigenvalue weighted by Crippen LogP contribution is -2.41. The number of hydrogen-bond acceptors (Lipinski definition) is 5. The summed E-state index contributed by atoms with van der Waals surface area (Å²) in [5.41, 5.74) is -5.01. The molecule has 5 nitrogen and oxygen atoms in total. The largest absolute Gasteiger partial charge is 0.443 e. The lowest BCUT2D eigenvalue weighted by molar-refractivity contribution is -0.166. The number of nitrogens with zero attached hydrogens (tertiary/aromatic N) is 1. The van der Waals surface area contributed by atoms with Gasteiger partial charge >= 0.3 is 17.6 Å². The maximum Gasteiger partial charge on any atom is 0.443 e. The Morgan fingerprint density at radius 1 is 1.31 bits per heavy atom. The normalized spacial score (nSPS) is 20.9. The van der Waals surface area contributed by atoms with Crippen LogP contribution in [0.2, 0.25) is 0 Å². The van der Waals surface area contributed by atoms with Gasteiger partial charge in [0.05, 0.1) is 6.54 Å². The highest BCUT2D eigenvalue weighted by molar-refractivity contribution is 14.1. The van der Waals surface area contributed by atoms with Crippen molar-refractivity contribution in [2.75, 3.05) is 6.54 Å². The molecule has 1 aliphatic heterocycles. The van der Waals surface area contributed by atoms with Gasteiger partial charge in [-0.1, -0.05) is 12.1 Å². The summed E-state index contributed by atoms with van der Waals surface area (Å²) in [6.45, 7) is 4.25. The number of thioether (sulfide) groups is 1. The van der Waals surface area contributed by atoms with Gasteiger partial charge < -0.3 is 9.57 Å². The fourth-order valence-electron chi connectivity index (χ4n) is 2.32. The Balaban J connectivity index is 2.28. The predicted octanol–water partition coefficient (Wildman–Crippen LogP) is 4.53. The van der Waals surface area contributed by atoms with Crippen LogP contribution in [0.1, 0.15) is 26.3 Å². The number of carbonyl (C=O) groups is 2. The number of alkyl halides is 3. The molecule has 1 amide bonds. The minimum Gasteiger partial charge on any atom is -0.442 e. The summed E-state index contributed by atoms with van der Waals surface area (Å²) in [4.78, 5) is 29.2. The zero-order valence-corrected chi connectivity index (χ0v) is 17.2. The molecule has 1 heterocycles. The molecule has 1 aromatic rings. The monoisotopic (exact) mass is 503 g/mol. The van der Waals surface area contributed by atoms with E-state index in [1.165, 1.54) is 0 Å². The van der Waals surface area contributed by atoms with E-state index < -0.39 is 46.2 Å². The zero-order chi connectivity index (χ0) is 19.8. The molecule has 0 aromatic heterocycles. The maximum absolute atomic E-state index is 13.1. The molecule has 0 N–H and O–H groups in total. The second kappa shape index (κ2) is 7.45. The quantitative estimate of drug-likeness (QED) is 0.568. The minimum atomic E-state index is -4.67. The highest BCUT2D eigenvalue weighted by atomic mass is 127. The zero-order valence-electron chi connectivity index (χ0n) is 14.2. The molecule has 0 bridgehead atoms. The van der Waals surface area contributed by atoms with E-state index in [2.05, 4.69) is 22.6 Å². The summed E-state index contributed by atoms with van der Waals surface area (Å²) in [6.07, 6.45) is -1.23. The van der Waals surface area contributed by atoms with Gasteiger partial charge in [0, 0.05) is 9.99 Å². The Labute approximate surface area is 166 Å². The topological polar surface area (TPSA) is 55.8 Å². The summed E-state index contributed by atoms with van der Waals surface area (Å²) >= 11 is 1.60. The Kier molecular flexibility index (Phi) is 6.06. The van der Waals surface area contributed by atoms with Crippen molar-refractivity contribution in [2.24, 2.45) is 0 Å². The van der Waals surface area contributed by atoms with Crippen LogP contribution >= 0.6 is 34.4 Å². The molecule has 1 saturated heterocycles. The van der Waals surface area contributed by atoms with Gasteiger partial charge in [0.2, 0.25) is 0 Å². The van der Waals surface area contributed by atoms with Gasteiger partial charge in [-0.25, -0.2) is 9.59 Å². The predicted molar refractivity (Wildman–Crippen MR) is 98.3 cm³/mol. The van der Waals surface area contributed by atoms with Crippen molar-refractivity contribution >= 4 is 46.4 Å². The minimum absolute atomic E-state index is 0.230. The first-order chi connectivity index (χ1) is 11.8. The standard InChI is InChI=1S/C16H17F3INO4S/c1-14(2,3)24-13(23)21-9-15(12(22)25-21,26-16(17,18)19)8-10-4-6-11(20)7-5-10/h4-7H,8-9H2,1-3H3/t15-/m0/s1. The number of rotatable bonds is 3. The van der Waals surface area contributed by atoms with Gasteiger partial charge in [0.1, 0.15) is 10.3 Å². The smallest absolute Gasteiger partial charge is 0.442 e. The van der Waals surface area contributed by atoms with Crippen LogP contribution in [0.5, 0.6) is 0 Å². The maximum atomic E-state index is 13.1. The molecule has 26 heavy (non-hydrogen) atoms. The van der Waals surface area contributed by atoms with Crippen LogP contribution in [0.3, 0.4) is 0 Å². The Hall–Kier alpha value is -1.17. The van der Waals surface area contributed by atoms with Crippen molar-refractivity contribution in [3.63, 3.8) is 0 Å². The van der Waals surface area contributed by atoms with E-state index in [1.807, 2.05) is 0 Å². The number of hydroxylamine groups is 2. The van der Waals surface area contributed by atoms with Gasteiger partial charge in [-0.3, -0.25) is 0 Å². The molecule has 10 heteroatoms. The van der Waals surface area contributed by atoms with Crippen LogP contribution in [0.4, 0.5) is 18.0 Å². The van der Waals surface area contributed by atoms with Gasteiger partial charge in [-0.05, 0) is 72.8 Å². The molecule has 1 aromatic carbocycles. The van der Waals surface area contributed by atoms with E-state index in [0.29, 0.717) is 10.6 Å². The highest BCUT2D eigenvalue weighted by Crippen LogP contribution is 2.46. The van der Waals surface area contributed by atoms with Gasteiger partial charge in [0.15, 0.2) is 0 Å². The van der Waals surface area contributed by atoms with E-state index in [-0.39, 0.29) is 6.42 Å². The van der Waals surface area contributed by atoms with Crippen LogP contribution in [-0.2, 0) is 20.8 Å². The number of halogens is 4. The summed E-state index contributed by atoms with van der Waals surface area (Å²) in [5, 5.41) is 0.555. The molecule has 0 aliphatic carbocycles. The number of ether oxygens (including phenoxy) is 1. The first-order valence-corrected chi connectivity index (χ1v) is 9.43. The highest BCUT2D eigenvalue weighted by Gasteiger charge is 2.57. The molecule has 2 rings (SSSR count). The van der Waals surface area contributed by atoms with Gasteiger partial charge in [-0.15, -0.1) is 5.06 Å². The first-order valence-electron chi connectivity index (χ1n) is 7.54. The van der Waals surface area contributed by atoms with Crippen LogP contribution in [0.25, 0.3) is 0 Å². The summed E-state index contributed by atoms with van der Waals surface area (Å²) < 4.78 is 43.3. The molecule has 1 aliphatic rings. The molecule has 1 fully saturated rings. The number of amides is 1. The summed E-state index contributed by atoms with van der Waals surface area (Å²) in [6, 6.07) is 6.75. The third-order valence-corrected chi connectivity index (χ3v) is 5.06. The SMILES string of the molecule is CC(C)(C)OC(=O)N1C[C@](Cc2ccc(I)cc2)(SC(F)(F)F)C(=O)O1. The lowest BCUT2D eigenvalue weighted by atomic mass is 9.99. The summed E-state index contributed by atoms with van der Waals surface area (Å²) in [7, 11) is 0. The van der Waals surface area contributed by atoms with Crippen LogP contribution < -0.4 is 0 Å². The average Bonchev–Trinajstić information content (AvgIpc) is 2.75. The molecule has 1 atom stereocenters. The van der Waals surface area contributed by atoms with Crippen LogP contribution in [-0.4, -0.2) is 39.5 Å². The molecule has 0 saturated carbocycles. The van der Waals surface area contributed by atoms with E-state index in [4.69, 9.17) is 9.57 Å². The van der Waals surface area contributed by atoms with Crippen molar-refractivity contribution in [3.05, 3.63) is 33.4 Å². The van der Waals surface area contributed by atoms with Crippen molar-refractivity contribution < 1.29 is 32.3 Å². The number of benzene rings is 1. The third-order valence-electron chi connectivity index (χ3n) is 3.28. The number of hydrogen-bond donors (Lipinski definition) is 0. The van der Waals surface area contributed by atoms with Crippen LogP contribution in [0, 0.1) is 3.57 Å². The Morgan fingerprint density at radius 2 is 1.88 bits per heavy atom. The summed E-state index contributed by atoms with van der Waals surface area (Å²) in [5.74, 6) is -1.12. The third kappa shape index (κ3) is 5.66. The van der Waals surface area contributed by atoms with Crippen LogP contribution in [0.15, 0.2) is 24.3 Å². The second-order valence-electron chi connectivity index (χ2n) is 6.74. The molecule has 144 valence electrons. The molecule has 0 spiro atoms. The number of carbonyl (C=O) groups excluding carboxylic acids is 2. The van der Waals surface area contributed by atoms with E-state index >= 15 is 0 Å². The Bertz CT molecular complexity index is 690. The average molecular weight is 503 g/mol. The van der Waals surface area contributed by atoms with E-state index in [0.717, 1.165) is 3.57 Å². The van der Waals surface area contributed by atoms with Crippen molar-refractivity contribution in [3.8, 4) is 0 Å². The van der Waals surface area contributed by atoms with E-state index in [9.17, 15) is 22.8 Å². The van der Waals surface area contributed by atoms with Gasteiger partial charge in [-0.2, -0.15) is 13.2 Å². The van der Waals surface area contributed by atoms with E-state index in [1.54, 1.807) is 45.0 Å². The fourth-order valence-corrected chi connectivity index (χ4v) is 3.66. The first kappa shape index (κ1) is 21.1. The Morgan fingerprint density at radius 3 is 2.38 bits per heavy atom. The van der Waals surface area contributed by atoms with Crippen molar-refractivity contribution in [2.45, 2.75) is 43.0 Å². The van der Waals surface area contributed by atoms with Gasteiger partial charge in [0.25, 0.3) is 0 Å². The second-order valence-corrected chi connectivity index (χ2v) is 9.44. The molecular formula is C16H17F3INO4S. The lowest BCUT2D eigenvalue weighted by Gasteiger charge is -2.25.